The number of carbonyl (C=O) groups excluding carboxylic acids is 4. The Bertz CT molecular complexity index is 939. The van der Waals surface area contributed by atoms with E-state index in [0.29, 0.717) is 0 Å². The fraction of sp³-hybridized carbons (Fsp3) is 0.524. The van der Waals surface area contributed by atoms with Gasteiger partial charge in [-0.05, 0) is 12.5 Å². The van der Waals surface area contributed by atoms with E-state index in [1.807, 2.05) is 5.32 Å². The lowest BCUT2D eigenvalue weighted by molar-refractivity contribution is -0.234. The Morgan fingerprint density at radius 1 is 1.03 bits per heavy atom. The Kier molecular flexibility index (Phi) is 8.59. The van der Waals surface area contributed by atoms with E-state index in [1.54, 1.807) is 19.1 Å². The van der Waals surface area contributed by atoms with E-state index in [1.165, 1.54) is 12.1 Å². The van der Waals surface area contributed by atoms with E-state index in [2.05, 4.69) is 12.6 Å². The van der Waals surface area contributed by atoms with Crippen LogP contribution in [-0.4, -0.2) is 60.3 Å². The maximum atomic E-state index is 13.3. The van der Waals surface area contributed by atoms with Crippen LogP contribution in [0.3, 0.4) is 0 Å². The molecule has 0 saturated carbocycles. The number of amides is 1. The van der Waals surface area contributed by atoms with Crippen molar-refractivity contribution in [3.8, 4) is 0 Å². The van der Waals surface area contributed by atoms with Crippen LogP contribution in [0.15, 0.2) is 24.3 Å². The maximum Gasteiger partial charge on any atom is 0.471 e. The van der Waals surface area contributed by atoms with Gasteiger partial charge in [0.2, 0.25) is 0 Å². The first-order chi connectivity index (χ1) is 15.7. The Hall–Kier alpha value is -2.80. The molecule has 0 radical (unpaired) electrons. The minimum Gasteiger partial charge on any atom is -0.463 e. The lowest BCUT2D eigenvalue weighted by Crippen LogP contribution is -2.72. The van der Waals surface area contributed by atoms with Gasteiger partial charge >= 0.3 is 30.0 Å². The van der Waals surface area contributed by atoms with Gasteiger partial charge in [-0.25, -0.2) is 0 Å². The highest BCUT2D eigenvalue weighted by Crippen LogP contribution is 2.43. The number of aryl methyl sites for hydroxylation is 1. The van der Waals surface area contributed by atoms with Gasteiger partial charge in [0.1, 0.15) is 23.7 Å². The van der Waals surface area contributed by atoms with E-state index in [0.717, 1.165) is 26.3 Å². The van der Waals surface area contributed by atoms with Crippen molar-refractivity contribution in [2.45, 2.75) is 63.2 Å². The van der Waals surface area contributed by atoms with Crippen molar-refractivity contribution in [3.05, 3.63) is 35.4 Å². The molecular weight excluding hydrogens is 483 g/mol. The van der Waals surface area contributed by atoms with Crippen LogP contribution in [0.1, 0.15) is 31.9 Å². The molecule has 9 nitrogen and oxygen atoms in total. The number of thiol groups is 1. The van der Waals surface area contributed by atoms with Crippen molar-refractivity contribution < 1.29 is 51.3 Å². The Labute approximate surface area is 198 Å². The Morgan fingerprint density at radius 3 is 2.06 bits per heavy atom. The summed E-state index contributed by atoms with van der Waals surface area (Å²) in [7, 11) is 0. The van der Waals surface area contributed by atoms with E-state index in [-0.39, 0.29) is 5.56 Å². The molecule has 1 aliphatic heterocycles. The predicted molar refractivity (Wildman–Crippen MR) is 112 cm³/mol. The lowest BCUT2D eigenvalue weighted by atomic mass is 9.78. The van der Waals surface area contributed by atoms with E-state index >= 15 is 0 Å². The topological polar surface area (TPSA) is 117 Å². The third-order valence-corrected chi connectivity index (χ3v) is 5.49. The molecule has 1 aromatic carbocycles. The zero-order valence-electron chi connectivity index (χ0n) is 18.7. The molecule has 1 aliphatic rings. The number of ether oxygens (including phenoxy) is 4. The van der Waals surface area contributed by atoms with Crippen LogP contribution >= 0.6 is 12.6 Å². The van der Waals surface area contributed by atoms with Gasteiger partial charge < -0.3 is 24.3 Å². The second-order valence-corrected chi connectivity index (χ2v) is 8.09. The minimum atomic E-state index is -5.32. The van der Waals surface area contributed by atoms with Crippen molar-refractivity contribution in [2.75, 3.05) is 6.61 Å². The molecule has 5 atom stereocenters. The Morgan fingerprint density at radius 2 is 1.59 bits per heavy atom. The molecule has 1 aromatic rings. The van der Waals surface area contributed by atoms with Crippen molar-refractivity contribution in [1.82, 2.24) is 5.32 Å². The van der Waals surface area contributed by atoms with Crippen molar-refractivity contribution in [2.24, 2.45) is 0 Å². The molecule has 0 aromatic heterocycles. The number of rotatable bonds is 6. The summed E-state index contributed by atoms with van der Waals surface area (Å²) in [5, 5.41) is 1.86. The van der Waals surface area contributed by atoms with Crippen LogP contribution in [0.25, 0.3) is 0 Å². The van der Waals surface area contributed by atoms with Crippen molar-refractivity contribution in [3.63, 3.8) is 0 Å². The van der Waals surface area contributed by atoms with Gasteiger partial charge in [0.05, 0.1) is 0 Å². The summed E-state index contributed by atoms with van der Waals surface area (Å²) in [5.41, 5.74) is -3.06. The molecule has 34 heavy (non-hydrogen) atoms. The third kappa shape index (κ3) is 6.20. The molecule has 1 unspecified atom stereocenters. The van der Waals surface area contributed by atoms with Gasteiger partial charge in [0.25, 0.3) is 0 Å². The van der Waals surface area contributed by atoms with Crippen molar-refractivity contribution >= 4 is 36.4 Å². The predicted octanol–water partition coefficient (Wildman–Crippen LogP) is 1.95. The summed E-state index contributed by atoms with van der Waals surface area (Å²) in [5.74, 6) is -4.93. The SMILES string of the molecule is CC(=O)OC[C@H]1O[C@@H](S)C(NC(=O)C(F)(F)F)(c2ccc(C)cc2)[C@@H](OC(C)=O)[C@H]1OC(C)=O. The summed E-state index contributed by atoms with van der Waals surface area (Å²) < 4.78 is 61.3. The summed E-state index contributed by atoms with van der Waals surface area (Å²) in [6.07, 6.45) is -9.95. The summed E-state index contributed by atoms with van der Waals surface area (Å²) >= 11 is 4.29. The lowest BCUT2D eigenvalue weighted by Gasteiger charge is -2.52. The first-order valence-corrected chi connectivity index (χ1v) is 10.5. The highest BCUT2D eigenvalue weighted by atomic mass is 32.1. The number of nitrogens with one attached hydrogen (secondary N) is 1. The molecular formula is C21H24F3NO8S. The zero-order chi connectivity index (χ0) is 25.8. The van der Waals surface area contributed by atoms with E-state index in [9.17, 15) is 32.3 Å². The molecule has 1 N–H and O–H groups in total. The quantitative estimate of drug-likeness (QED) is 0.341. The smallest absolute Gasteiger partial charge is 0.463 e. The summed E-state index contributed by atoms with van der Waals surface area (Å²) in [4.78, 5) is 47.4. The first kappa shape index (κ1) is 27.4. The minimum absolute atomic E-state index is 0.0324. The standard InChI is InChI=1S/C21H24F3NO8S/c1-10-5-7-14(8-6-10)20(25-18(29)21(22,23)24)17(32-13(4)28)16(31-12(3)27)15(33-19(20)34)9-30-11(2)26/h5-8,15-17,19,34H,9H2,1-4H3,(H,25,29)/t15-,16+,17+,19+,20?/m1/s1. The Balaban J connectivity index is 2.75. The molecule has 188 valence electrons. The van der Waals surface area contributed by atoms with Gasteiger partial charge in [-0.15, -0.1) is 12.6 Å². The second kappa shape index (κ2) is 10.6. The average Bonchev–Trinajstić information content (AvgIpc) is 2.70. The second-order valence-electron chi connectivity index (χ2n) is 7.62. The zero-order valence-corrected chi connectivity index (χ0v) is 19.6. The monoisotopic (exact) mass is 507 g/mol. The number of hydrogen-bond donors (Lipinski definition) is 2. The van der Waals surface area contributed by atoms with Crippen LogP contribution in [0, 0.1) is 6.92 Å². The van der Waals surface area contributed by atoms with Gasteiger partial charge in [-0.1, -0.05) is 29.8 Å². The van der Waals surface area contributed by atoms with Crippen LogP contribution in [-0.2, 0) is 43.7 Å². The molecule has 0 aliphatic carbocycles. The number of benzene rings is 1. The van der Waals surface area contributed by atoms with Crippen LogP contribution in [0.5, 0.6) is 0 Å². The summed E-state index contributed by atoms with van der Waals surface area (Å²) in [6.45, 7) is 4.33. The molecule has 1 heterocycles. The number of carbonyl (C=O) groups is 4. The van der Waals surface area contributed by atoms with Crippen molar-refractivity contribution in [1.29, 1.82) is 0 Å². The molecule has 0 spiro atoms. The molecule has 0 bridgehead atoms. The van der Waals surface area contributed by atoms with E-state index < -0.39 is 65.9 Å². The maximum absolute atomic E-state index is 13.3. The van der Waals surface area contributed by atoms with Gasteiger partial charge in [-0.2, -0.15) is 13.2 Å². The fourth-order valence-electron chi connectivity index (χ4n) is 3.55. The molecule has 1 amide bonds. The normalized spacial score (nSPS) is 26.8. The average molecular weight is 507 g/mol. The number of hydrogen-bond acceptors (Lipinski definition) is 9. The molecule has 1 saturated heterocycles. The number of alkyl halides is 3. The van der Waals surface area contributed by atoms with Crippen LogP contribution < -0.4 is 5.32 Å². The van der Waals surface area contributed by atoms with Gasteiger partial charge in [-0.3, -0.25) is 19.2 Å². The number of esters is 3. The first-order valence-electron chi connectivity index (χ1n) is 9.96. The molecule has 2 rings (SSSR count). The van der Waals surface area contributed by atoms with Gasteiger partial charge in [0.15, 0.2) is 12.2 Å². The third-order valence-electron chi connectivity index (χ3n) is 4.96. The van der Waals surface area contributed by atoms with Crippen LogP contribution in [0.4, 0.5) is 13.2 Å². The van der Waals surface area contributed by atoms with Crippen LogP contribution in [0.2, 0.25) is 0 Å². The number of halogens is 3. The molecule has 1 fully saturated rings. The van der Waals surface area contributed by atoms with E-state index in [4.69, 9.17) is 18.9 Å². The molecule has 13 heteroatoms. The fourth-order valence-corrected chi connectivity index (χ4v) is 4.06. The van der Waals surface area contributed by atoms with Gasteiger partial charge in [0, 0.05) is 20.8 Å². The largest absolute Gasteiger partial charge is 0.471 e. The highest BCUT2D eigenvalue weighted by molar-refractivity contribution is 7.80. The summed E-state index contributed by atoms with van der Waals surface area (Å²) in [6, 6.07) is 5.89. The highest BCUT2D eigenvalue weighted by Gasteiger charge is 2.62.